The van der Waals surface area contributed by atoms with E-state index in [1.165, 1.54) is 36.0 Å². The van der Waals surface area contributed by atoms with Crippen LogP contribution in [-0.2, 0) is 5.75 Å². The summed E-state index contributed by atoms with van der Waals surface area (Å²) in [6, 6.07) is 12.5. The summed E-state index contributed by atoms with van der Waals surface area (Å²) >= 11 is 1.50. The highest BCUT2D eigenvalue weighted by molar-refractivity contribution is 7.98. The molecule has 0 saturated carbocycles. The van der Waals surface area contributed by atoms with Crippen LogP contribution in [0.2, 0.25) is 0 Å². The van der Waals surface area contributed by atoms with Crippen LogP contribution in [0, 0.1) is 18.6 Å². The van der Waals surface area contributed by atoms with E-state index in [0.29, 0.717) is 10.9 Å². The van der Waals surface area contributed by atoms with Gasteiger partial charge in [0.1, 0.15) is 17.5 Å². The molecule has 3 nitrogen and oxygen atoms in total. The number of aryl methyl sites for hydroxylation is 1. The molecule has 0 fully saturated rings. The molecule has 0 amide bonds. The van der Waals surface area contributed by atoms with Gasteiger partial charge in [-0.05, 0) is 48.9 Å². The first kappa shape index (κ1) is 14.7. The first-order chi connectivity index (χ1) is 10.6. The molecule has 0 atom stereocenters. The predicted octanol–water partition coefficient (Wildman–Crippen LogP) is 4.15. The molecule has 22 heavy (non-hydrogen) atoms. The maximum atomic E-state index is 13.1. The van der Waals surface area contributed by atoms with Crippen LogP contribution in [0.1, 0.15) is 11.4 Å². The number of hydrogen-bond donors (Lipinski definition) is 0. The van der Waals surface area contributed by atoms with E-state index >= 15 is 0 Å². The molecular formula is C16H13F2N3S. The van der Waals surface area contributed by atoms with E-state index in [1.54, 1.807) is 24.3 Å². The molecule has 3 rings (SSSR count). The molecule has 0 unspecified atom stereocenters. The Bertz CT molecular complexity index is 767. The lowest BCUT2D eigenvalue weighted by Crippen LogP contribution is -1.99. The first-order valence-corrected chi connectivity index (χ1v) is 7.67. The molecule has 1 heterocycles. The molecule has 0 radical (unpaired) electrons. The minimum Gasteiger partial charge on any atom is -0.274 e. The second kappa shape index (κ2) is 6.27. The smallest absolute Gasteiger partial charge is 0.196 e. The van der Waals surface area contributed by atoms with Crippen molar-refractivity contribution in [2.24, 2.45) is 0 Å². The van der Waals surface area contributed by atoms with Crippen LogP contribution in [-0.4, -0.2) is 14.8 Å². The van der Waals surface area contributed by atoms with Crippen molar-refractivity contribution in [2.45, 2.75) is 17.8 Å². The van der Waals surface area contributed by atoms with Gasteiger partial charge in [-0.15, -0.1) is 10.2 Å². The van der Waals surface area contributed by atoms with Crippen LogP contribution in [0.15, 0.2) is 53.7 Å². The van der Waals surface area contributed by atoms with Crippen molar-refractivity contribution in [3.63, 3.8) is 0 Å². The molecule has 3 aromatic rings. The monoisotopic (exact) mass is 317 g/mol. The van der Waals surface area contributed by atoms with Crippen LogP contribution in [0.25, 0.3) is 5.69 Å². The Labute approximate surface area is 131 Å². The van der Waals surface area contributed by atoms with Gasteiger partial charge in [-0.1, -0.05) is 23.9 Å². The number of benzene rings is 2. The highest BCUT2D eigenvalue weighted by Gasteiger charge is 2.11. The standard InChI is InChI=1S/C16H13F2N3S/c1-11-19-20-16(21(11)15-8-6-14(18)7-9-15)22-10-12-2-4-13(17)5-3-12/h2-9H,10H2,1H3. The quantitative estimate of drug-likeness (QED) is 0.677. The minimum absolute atomic E-state index is 0.251. The topological polar surface area (TPSA) is 30.7 Å². The summed E-state index contributed by atoms with van der Waals surface area (Å²) < 4.78 is 27.8. The van der Waals surface area contributed by atoms with Gasteiger partial charge in [0.05, 0.1) is 0 Å². The van der Waals surface area contributed by atoms with Gasteiger partial charge in [-0.2, -0.15) is 0 Å². The summed E-state index contributed by atoms with van der Waals surface area (Å²) in [6.07, 6.45) is 0. The third kappa shape index (κ3) is 3.17. The van der Waals surface area contributed by atoms with Crippen molar-refractivity contribution in [3.8, 4) is 5.69 Å². The molecule has 0 spiro atoms. The number of nitrogens with zero attached hydrogens (tertiary/aromatic N) is 3. The van der Waals surface area contributed by atoms with Gasteiger partial charge in [-0.3, -0.25) is 4.57 Å². The van der Waals surface area contributed by atoms with Gasteiger partial charge >= 0.3 is 0 Å². The Balaban J connectivity index is 1.83. The van der Waals surface area contributed by atoms with E-state index in [1.807, 2.05) is 11.5 Å². The Morgan fingerprint density at radius 2 is 1.50 bits per heavy atom. The predicted molar refractivity (Wildman–Crippen MR) is 82.0 cm³/mol. The van der Waals surface area contributed by atoms with Gasteiger partial charge in [0.2, 0.25) is 0 Å². The summed E-state index contributed by atoms with van der Waals surface area (Å²) in [6.45, 7) is 1.85. The molecule has 0 aliphatic rings. The molecule has 0 aliphatic carbocycles. The Morgan fingerprint density at radius 3 is 2.14 bits per heavy atom. The van der Waals surface area contributed by atoms with E-state index in [4.69, 9.17) is 0 Å². The van der Waals surface area contributed by atoms with Gasteiger partial charge in [0, 0.05) is 11.4 Å². The van der Waals surface area contributed by atoms with E-state index in [2.05, 4.69) is 10.2 Å². The third-order valence-electron chi connectivity index (χ3n) is 3.16. The molecule has 112 valence electrons. The van der Waals surface area contributed by atoms with Crippen molar-refractivity contribution in [3.05, 3.63) is 71.6 Å². The Kier molecular flexibility index (Phi) is 4.20. The molecule has 0 aliphatic heterocycles. The van der Waals surface area contributed by atoms with Crippen molar-refractivity contribution >= 4 is 11.8 Å². The summed E-state index contributed by atoms with van der Waals surface area (Å²) in [5, 5.41) is 8.95. The van der Waals surface area contributed by atoms with Crippen LogP contribution < -0.4 is 0 Å². The van der Waals surface area contributed by atoms with Gasteiger partial charge in [0.15, 0.2) is 5.16 Å². The molecule has 0 N–H and O–H groups in total. The number of rotatable bonds is 4. The van der Waals surface area contributed by atoms with Crippen LogP contribution >= 0.6 is 11.8 Å². The largest absolute Gasteiger partial charge is 0.274 e. The number of halogens is 2. The lowest BCUT2D eigenvalue weighted by Gasteiger charge is -2.08. The summed E-state index contributed by atoms with van der Waals surface area (Å²) in [4.78, 5) is 0. The molecular weight excluding hydrogens is 304 g/mol. The lowest BCUT2D eigenvalue weighted by atomic mass is 10.2. The maximum absolute atomic E-state index is 13.1. The van der Waals surface area contributed by atoms with E-state index in [0.717, 1.165) is 17.1 Å². The first-order valence-electron chi connectivity index (χ1n) is 6.69. The van der Waals surface area contributed by atoms with Gasteiger partial charge in [0.25, 0.3) is 0 Å². The Morgan fingerprint density at radius 1 is 0.909 bits per heavy atom. The summed E-state index contributed by atoms with van der Waals surface area (Å²) in [5.41, 5.74) is 1.81. The highest BCUT2D eigenvalue weighted by atomic mass is 32.2. The molecule has 1 aromatic heterocycles. The number of thioether (sulfide) groups is 1. The minimum atomic E-state index is -0.282. The number of aromatic nitrogens is 3. The van der Waals surface area contributed by atoms with Crippen molar-refractivity contribution < 1.29 is 8.78 Å². The second-order valence-corrected chi connectivity index (χ2v) is 5.70. The SMILES string of the molecule is Cc1nnc(SCc2ccc(F)cc2)n1-c1ccc(F)cc1. The van der Waals surface area contributed by atoms with Crippen LogP contribution in [0.4, 0.5) is 8.78 Å². The van der Waals surface area contributed by atoms with Crippen molar-refractivity contribution in [1.82, 2.24) is 14.8 Å². The number of hydrogen-bond acceptors (Lipinski definition) is 3. The highest BCUT2D eigenvalue weighted by Crippen LogP contribution is 2.25. The third-order valence-corrected chi connectivity index (χ3v) is 4.16. The van der Waals surface area contributed by atoms with Gasteiger partial charge < -0.3 is 0 Å². The molecule has 0 bridgehead atoms. The zero-order chi connectivity index (χ0) is 15.5. The Hall–Kier alpha value is -2.21. The van der Waals surface area contributed by atoms with Crippen LogP contribution in [0.5, 0.6) is 0 Å². The molecule has 2 aromatic carbocycles. The molecule has 6 heteroatoms. The normalized spacial score (nSPS) is 10.9. The van der Waals surface area contributed by atoms with Crippen molar-refractivity contribution in [2.75, 3.05) is 0 Å². The maximum Gasteiger partial charge on any atom is 0.196 e. The zero-order valence-corrected chi connectivity index (χ0v) is 12.6. The molecule has 0 saturated heterocycles. The fourth-order valence-corrected chi connectivity index (χ4v) is 3.01. The summed E-state index contributed by atoms with van der Waals surface area (Å²) in [7, 11) is 0. The van der Waals surface area contributed by atoms with Crippen molar-refractivity contribution in [1.29, 1.82) is 0 Å². The zero-order valence-electron chi connectivity index (χ0n) is 11.8. The van der Waals surface area contributed by atoms with Crippen LogP contribution in [0.3, 0.4) is 0 Å². The average molecular weight is 317 g/mol. The van der Waals surface area contributed by atoms with E-state index in [-0.39, 0.29) is 11.6 Å². The lowest BCUT2D eigenvalue weighted by molar-refractivity contribution is 0.626. The second-order valence-electron chi connectivity index (χ2n) is 4.76. The van der Waals surface area contributed by atoms with E-state index in [9.17, 15) is 8.78 Å². The fourth-order valence-electron chi connectivity index (χ4n) is 2.05. The van der Waals surface area contributed by atoms with Gasteiger partial charge in [-0.25, -0.2) is 8.78 Å². The average Bonchev–Trinajstić information content (AvgIpc) is 2.89. The summed E-state index contributed by atoms with van der Waals surface area (Å²) in [5.74, 6) is 0.849. The van der Waals surface area contributed by atoms with E-state index < -0.39 is 0 Å². The fraction of sp³-hybridized carbons (Fsp3) is 0.125.